The fourth-order valence-corrected chi connectivity index (χ4v) is 3.23. The fraction of sp³-hybridized carbons (Fsp3) is 0.467. The topological polar surface area (TPSA) is 102 Å². The van der Waals surface area contributed by atoms with Crippen LogP contribution in [0.5, 0.6) is 0 Å². The molecule has 0 aliphatic rings. The second kappa shape index (κ2) is 7.08. The van der Waals surface area contributed by atoms with E-state index in [0.29, 0.717) is 5.69 Å². The third-order valence-corrected chi connectivity index (χ3v) is 6.09. The monoisotopic (exact) mass is 343 g/mol. The number of rotatable bonds is 6. The van der Waals surface area contributed by atoms with E-state index in [-0.39, 0.29) is 23.7 Å². The molecule has 0 aliphatic heterocycles. The van der Waals surface area contributed by atoms with Gasteiger partial charge in [-0.1, -0.05) is 6.92 Å². The molecule has 0 saturated heterocycles. The Bertz CT molecular complexity index is 727. The van der Waals surface area contributed by atoms with E-state index in [4.69, 9.17) is 5.73 Å². The number of nitrogens with two attached hydrogens (primary N) is 1. The van der Waals surface area contributed by atoms with Crippen LogP contribution in [0, 0.1) is 5.82 Å². The molecule has 8 heteroatoms. The molecule has 0 aromatic heterocycles. The molecule has 0 bridgehead atoms. The first-order valence-corrected chi connectivity index (χ1v) is 8.73. The number of anilines is 1. The molecule has 0 atom stereocenters. The average molecular weight is 343 g/mol. The maximum Gasteiger partial charge on any atom is 0.224 e. The second-order valence-corrected chi connectivity index (χ2v) is 8.12. The van der Waals surface area contributed by atoms with Gasteiger partial charge in [0, 0.05) is 24.7 Å². The standard InChI is InChI=1S/C15H22FN3O3S/c1-5-13(20)19-11-6-7-12(16)10(8-11)9-23(21,22)15(2,3)14(17)18-4/h6-8H,5,9H2,1-4H3,(H2,17,18)(H,19,20). The number of hydrogen-bond donors (Lipinski definition) is 2. The van der Waals surface area contributed by atoms with Crippen LogP contribution in [-0.4, -0.2) is 32.0 Å². The SMILES string of the molecule is CCC(=O)Nc1ccc(F)c(CS(=O)(=O)C(C)(C)C(N)=NC)c1. The molecule has 0 radical (unpaired) electrons. The van der Waals surface area contributed by atoms with Gasteiger partial charge in [0.15, 0.2) is 9.84 Å². The third kappa shape index (κ3) is 4.28. The van der Waals surface area contributed by atoms with E-state index in [2.05, 4.69) is 10.3 Å². The molecule has 23 heavy (non-hydrogen) atoms. The van der Waals surface area contributed by atoms with Crippen molar-refractivity contribution in [1.82, 2.24) is 0 Å². The maximum atomic E-state index is 14.0. The predicted octanol–water partition coefficient (Wildman–Crippen LogP) is 1.85. The molecule has 0 heterocycles. The molecule has 1 amide bonds. The molecule has 0 unspecified atom stereocenters. The van der Waals surface area contributed by atoms with E-state index in [1.807, 2.05) is 0 Å². The maximum absolute atomic E-state index is 14.0. The van der Waals surface area contributed by atoms with Crippen molar-refractivity contribution in [3.8, 4) is 0 Å². The number of nitrogens with one attached hydrogen (secondary N) is 1. The first kappa shape index (κ1) is 19.1. The van der Waals surface area contributed by atoms with Crippen LogP contribution in [0.1, 0.15) is 32.8 Å². The summed E-state index contributed by atoms with van der Waals surface area (Å²) >= 11 is 0. The number of carbonyl (C=O) groups is 1. The minimum Gasteiger partial charge on any atom is -0.386 e. The van der Waals surface area contributed by atoms with Crippen molar-refractivity contribution in [2.45, 2.75) is 37.7 Å². The quantitative estimate of drug-likeness (QED) is 0.608. The summed E-state index contributed by atoms with van der Waals surface area (Å²) in [5.74, 6) is -1.50. The van der Waals surface area contributed by atoms with E-state index in [0.717, 1.165) is 6.07 Å². The first-order valence-electron chi connectivity index (χ1n) is 7.08. The molecule has 128 valence electrons. The van der Waals surface area contributed by atoms with Gasteiger partial charge in [0.1, 0.15) is 16.4 Å². The number of amides is 1. The van der Waals surface area contributed by atoms with E-state index in [9.17, 15) is 17.6 Å². The number of halogens is 1. The van der Waals surface area contributed by atoms with Crippen molar-refractivity contribution in [3.05, 3.63) is 29.6 Å². The molecular formula is C15H22FN3O3S. The number of hydrogen-bond acceptors (Lipinski definition) is 4. The lowest BCUT2D eigenvalue weighted by atomic mass is 10.2. The average Bonchev–Trinajstić information content (AvgIpc) is 2.49. The number of sulfone groups is 1. The van der Waals surface area contributed by atoms with Gasteiger partial charge in [0.25, 0.3) is 0 Å². The van der Waals surface area contributed by atoms with Crippen LogP contribution in [0.4, 0.5) is 10.1 Å². The van der Waals surface area contributed by atoms with Crippen molar-refractivity contribution in [2.75, 3.05) is 12.4 Å². The normalized spacial score (nSPS) is 13.0. The Balaban J connectivity index is 3.18. The minimum atomic E-state index is -3.81. The lowest BCUT2D eigenvalue weighted by Gasteiger charge is -2.24. The molecule has 0 spiro atoms. The summed E-state index contributed by atoms with van der Waals surface area (Å²) in [5.41, 5.74) is 5.98. The number of benzene rings is 1. The Morgan fingerprint density at radius 3 is 2.52 bits per heavy atom. The summed E-state index contributed by atoms with van der Waals surface area (Å²) in [4.78, 5) is 15.1. The van der Waals surface area contributed by atoms with Crippen LogP contribution >= 0.6 is 0 Å². The van der Waals surface area contributed by atoms with Gasteiger partial charge >= 0.3 is 0 Å². The van der Waals surface area contributed by atoms with Crippen LogP contribution in [0.3, 0.4) is 0 Å². The zero-order valence-electron chi connectivity index (χ0n) is 13.7. The third-order valence-electron chi connectivity index (χ3n) is 3.63. The number of amidine groups is 1. The lowest BCUT2D eigenvalue weighted by Crippen LogP contribution is -2.46. The summed E-state index contributed by atoms with van der Waals surface area (Å²) in [5, 5.41) is 2.57. The van der Waals surface area contributed by atoms with Crippen molar-refractivity contribution in [1.29, 1.82) is 0 Å². The molecular weight excluding hydrogens is 321 g/mol. The number of carbonyl (C=O) groups excluding carboxylic acids is 1. The highest BCUT2D eigenvalue weighted by molar-refractivity contribution is 7.92. The van der Waals surface area contributed by atoms with Crippen molar-refractivity contribution < 1.29 is 17.6 Å². The van der Waals surface area contributed by atoms with Crippen molar-refractivity contribution in [3.63, 3.8) is 0 Å². The molecule has 1 aromatic rings. The largest absolute Gasteiger partial charge is 0.386 e. The Labute approximate surface area is 135 Å². The smallest absolute Gasteiger partial charge is 0.224 e. The molecule has 0 aliphatic carbocycles. The Kier molecular flexibility index (Phi) is 5.87. The molecule has 0 fully saturated rings. The Morgan fingerprint density at radius 2 is 2.00 bits per heavy atom. The van der Waals surface area contributed by atoms with Crippen LogP contribution < -0.4 is 11.1 Å². The number of aliphatic imine (C=N–C) groups is 1. The van der Waals surface area contributed by atoms with Crippen LogP contribution in [0.15, 0.2) is 23.2 Å². The zero-order chi connectivity index (χ0) is 17.8. The van der Waals surface area contributed by atoms with Gasteiger partial charge < -0.3 is 11.1 Å². The highest BCUT2D eigenvalue weighted by atomic mass is 32.2. The van der Waals surface area contributed by atoms with E-state index < -0.39 is 26.2 Å². The lowest BCUT2D eigenvalue weighted by molar-refractivity contribution is -0.115. The summed E-state index contributed by atoms with van der Waals surface area (Å²) in [7, 11) is -2.41. The van der Waals surface area contributed by atoms with Gasteiger partial charge in [-0.25, -0.2) is 12.8 Å². The summed E-state index contributed by atoms with van der Waals surface area (Å²) in [6.07, 6.45) is 0.265. The molecule has 6 nitrogen and oxygen atoms in total. The summed E-state index contributed by atoms with van der Waals surface area (Å²) < 4.78 is 37.6. The van der Waals surface area contributed by atoms with Gasteiger partial charge in [0.2, 0.25) is 5.91 Å². The van der Waals surface area contributed by atoms with Crippen molar-refractivity contribution >= 4 is 27.3 Å². The van der Waals surface area contributed by atoms with E-state index >= 15 is 0 Å². The van der Waals surface area contributed by atoms with Crippen molar-refractivity contribution in [2.24, 2.45) is 10.7 Å². The number of nitrogens with zero attached hydrogens (tertiary/aromatic N) is 1. The Morgan fingerprint density at radius 1 is 1.39 bits per heavy atom. The van der Waals surface area contributed by atoms with Gasteiger partial charge in [-0.2, -0.15) is 0 Å². The summed E-state index contributed by atoms with van der Waals surface area (Å²) in [6.45, 7) is 4.52. The Hall–Kier alpha value is -1.96. The summed E-state index contributed by atoms with van der Waals surface area (Å²) in [6, 6.07) is 3.82. The fourth-order valence-electron chi connectivity index (χ4n) is 1.83. The minimum absolute atomic E-state index is 0.0316. The highest BCUT2D eigenvalue weighted by Gasteiger charge is 2.38. The second-order valence-electron chi connectivity index (χ2n) is 5.59. The zero-order valence-corrected chi connectivity index (χ0v) is 14.5. The highest BCUT2D eigenvalue weighted by Crippen LogP contribution is 2.25. The first-order chi connectivity index (χ1) is 10.5. The molecule has 0 saturated carbocycles. The van der Waals surface area contributed by atoms with E-state index in [1.54, 1.807) is 6.92 Å². The van der Waals surface area contributed by atoms with E-state index in [1.165, 1.54) is 33.0 Å². The van der Waals surface area contributed by atoms with Gasteiger partial charge in [-0.3, -0.25) is 9.79 Å². The predicted molar refractivity (Wildman–Crippen MR) is 89.6 cm³/mol. The van der Waals surface area contributed by atoms with Gasteiger partial charge in [-0.05, 0) is 32.0 Å². The molecule has 1 aromatic carbocycles. The van der Waals surface area contributed by atoms with Gasteiger partial charge in [-0.15, -0.1) is 0 Å². The van der Waals surface area contributed by atoms with Crippen LogP contribution in [0.2, 0.25) is 0 Å². The van der Waals surface area contributed by atoms with Crippen LogP contribution in [0.25, 0.3) is 0 Å². The molecule has 3 N–H and O–H groups in total. The molecule has 1 rings (SSSR count). The van der Waals surface area contributed by atoms with Crippen LogP contribution in [-0.2, 0) is 20.4 Å². The van der Waals surface area contributed by atoms with Gasteiger partial charge in [0.05, 0.1) is 5.75 Å².